The summed E-state index contributed by atoms with van der Waals surface area (Å²) in [5.41, 5.74) is 5.86. The number of amides is 1. The zero-order chi connectivity index (χ0) is 10.6. The van der Waals surface area contributed by atoms with E-state index in [0.717, 1.165) is 0 Å². The first-order valence-corrected chi connectivity index (χ1v) is 5.18. The molecule has 1 aromatic rings. The zero-order valence-corrected chi connectivity index (χ0v) is 8.88. The molecule has 4 nitrogen and oxygen atoms in total. The number of carbonyl (C=O) groups excluding carboxylic acids is 1. The first-order chi connectivity index (χ1) is 6.69. The number of thiazole rings is 1. The van der Waals surface area contributed by atoms with E-state index in [1.807, 2.05) is 6.92 Å². The van der Waals surface area contributed by atoms with Gasteiger partial charge in [0.05, 0.1) is 0 Å². The van der Waals surface area contributed by atoms with Crippen molar-refractivity contribution < 1.29 is 4.79 Å². The second-order valence-corrected chi connectivity index (χ2v) is 3.59. The van der Waals surface area contributed by atoms with Crippen molar-refractivity contribution in [1.29, 1.82) is 0 Å². The Hall–Kier alpha value is -1.36. The fourth-order valence-corrected chi connectivity index (χ4v) is 1.60. The summed E-state index contributed by atoms with van der Waals surface area (Å²) in [6.45, 7) is 6.68. The molecule has 0 fully saturated rings. The van der Waals surface area contributed by atoms with Crippen molar-refractivity contribution in [2.45, 2.75) is 6.92 Å². The average Bonchev–Trinajstić information content (AvgIpc) is 2.60. The molecule has 14 heavy (non-hydrogen) atoms. The third-order valence-corrected chi connectivity index (χ3v) is 2.43. The van der Waals surface area contributed by atoms with Crippen LogP contribution in [0.1, 0.15) is 17.4 Å². The van der Waals surface area contributed by atoms with E-state index in [9.17, 15) is 4.79 Å². The summed E-state index contributed by atoms with van der Waals surface area (Å²) in [4.78, 5) is 17.3. The van der Waals surface area contributed by atoms with Gasteiger partial charge in [-0.3, -0.25) is 4.79 Å². The molecule has 76 valence electrons. The third kappa shape index (κ3) is 2.32. The lowest BCUT2D eigenvalue weighted by Gasteiger charge is -2.17. The molecule has 0 bridgehead atoms. The number of anilines is 1. The van der Waals surface area contributed by atoms with E-state index in [2.05, 4.69) is 11.6 Å². The monoisotopic (exact) mass is 211 g/mol. The fraction of sp³-hybridized carbons (Fsp3) is 0.333. The predicted molar refractivity (Wildman–Crippen MR) is 58.3 cm³/mol. The zero-order valence-electron chi connectivity index (χ0n) is 8.06. The van der Waals surface area contributed by atoms with Gasteiger partial charge in [0, 0.05) is 18.5 Å². The lowest BCUT2D eigenvalue weighted by atomic mass is 10.4. The molecule has 0 atom stereocenters. The molecule has 1 rings (SSSR count). The van der Waals surface area contributed by atoms with E-state index in [0.29, 0.717) is 23.9 Å². The van der Waals surface area contributed by atoms with Crippen LogP contribution in [0.15, 0.2) is 18.0 Å². The standard InChI is InChI=1S/C9H13N3OS/c1-3-5-12(4-2)8(13)7-6-14-9(10)11-7/h3,6H,1,4-5H2,2H3,(H2,10,11). The van der Waals surface area contributed by atoms with Gasteiger partial charge in [-0.2, -0.15) is 0 Å². The molecule has 1 amide bonds. The van der Waals surface area contributed by atoms with E-state index in [-0.39, 0.29) is 5.91 Å². The Bertz CT molecular complexity index is 335. The Morgan fingerprint density at radius 2 is 2.57 bits per heavy atom. The first kappa shape index (κ1) is 10.7. The van der Waals surface area contributed by atoms with E-state index in [1.165, 1.54) is 11.3 Å². The van der Waals surface area contributed by atoms with Gasteiger partial charge in [-0.05, 0) is 6.92 Å². The number of likely N-dealkylation sites (N-methyl/N-ethyl adjacent to an activating group) is 1. The summed E-state index contributed by atoms with van der Waals surface area (Å²) < 4.78 is 0. The Morgan fingerprint density at radius 3 is 3.00 bits per heavy atom. The Labute approximate surface area is 87.1 Å². The molecule has 0 aliphatic rings. The number of hydrogen-bond acceptors (Lipinski definition) is 4. The first-order valence-electron chi connectivity index (χ1n) is 4.30. The van der Waals surface area contributed by atoms with Crippen LogP contribution < -0.4 is 5.73 Å². The molecule has 0 aliphatic carbocycles. The van der Waals surface area contributed by atoms with E-state index in [1.54, 1.807) is 16.4 Å². The van der Waals surface area contributed by atoms with E-state index in [4.69, 9.17) is 5.73 Å². The maximum absolute atomic E-state index is 11.7. The number of aromatic nitrogens is 1. The summed E-state index contributed by atoms with van der Waals surface area (Å²) in [7, 11) is 0. The molecule has 0 saturated carbocycles. The van der Waals surface area contributed by atoms with Crippen LogP contribution in [0.25, 0.3) is 0 Å². The fourth-order valence-electron chi connectivity index (χ4n) is 1.06. The molecule has 1 heterocycles. The van der Waals surface area contributed by atoms with Gasteiger partial charge in [-0.25, -0.2) is 4.98 Å². The lowest BCUT2D eigenvalue weighted by molar-refractivity contribution is 0.0777. The molecular weight excluding hydrogens is 198 g/mol. The number of nitrogens with two attached hydrogens (primary N) is 1. The smallest absolute Gasteiger partial charge is 0.273 e. The van der Waals surface area contributed by atoms with Gasteiger partial charge >= 0.3 is 0 Å². The van der Waals surface area contributed by atoms with Gasteiger partial charge in [-0.15, -0.1) is 17.9 Å². The minimum atomic E-state index is -0.0969. The van der Waals surface area contributed by atoms with Gasteiger partial charge < -0.3 is 10.6 Å². The molecule has 2 N–H and O–H groups in total. The number of nitrogen functional groups attached to an aromatic ring is 1. The molecule has 1 aromatic heterocycles. The van der Waals surface area contributed by atoms with Crippen molar-refractivity contribution >= 4 is 22.4 Å². The van der Waals surface area contributed by atoms with E-state index >= 15 is 0 Å². The third-order valence-electron chi connectivity index (χ3n) is 1.76. The average molecular weight is 211 g/mol. The van der Waals surface area contributed by atoms with Crippen LogP contribution in [-0.2, 0) is 0 Å². The van der Waals surface area contributed by atoms with Crippen molar-refractivity contribution in [3.63, 3.8) is 0 Å². The van der Waals surface area contributed by atoms with Gasteiger partial charge in [0.2, 0.25) is 0 Å². The van der Waals surface area contributed by atoms with E-state index < -0.39 is 0 Å². The van der Waals surface area contributed by atoms with Crippen LogP contribution in [0.5, 0.6) is 0 Å². The molecule has 0 spiro atoms. The van der Waals surface area contributed by atoms with Gasteiger partial charge in [0.25, 0.3) is 5.91 Å². The highest BCUT2D eigenvalue weighted by molar-refractivity contribution is 7.13. The Balaban J connectivity index is 2.77. The van der Waals surface area contributed by atoms with Crippen LogP contribution in [0.4, 0.5) is 5.13 Å². The number of rotatable bonds is 4. The van der Waals surface area contributed by atoms with Crippen molar-refractivity contribution in [3.8, 4) is 0 Å². The second-order valence-electron chi connectivity index (χ2n) is 2.70. The van der Waals surface area contributed by atoms with Crippen LogP contribution in [0, 0.1) is 0 Å². The molecule has 0 aromatic carbocycles. The van der Waals surface area contributed by atoms with Gasteiger partial charge in [-0.1, -0.05) is 6.08 Å². The molecular formula is C9H13N3OS. The molecule has 0 saturated heterocycles. The quantitative estimate of drug-likeness (QED) is 0.765. The van der Waals surface area contributed by atoms with Crippen molar-refractivity contribution in [2.75, 3.05) is 18.8 Å². The minimum Gasteiger partial charge on any atom is -0.375 e. The number of hydrogen-bond donors (Lipinski definition) is 1. The second kappa shape index (κ2) is 4.76. The van der Waals surface area contributed by atoms with Crippen molar-refractivity contribution in [1.82, 2.24) is 9.88 Å². The Kier molecular flexibility index (Phi) is 3.64. The van der Waals surface area contributed by atoms with Crippen LogP contribution in [0.3, 0.4) is 0 Å². The van der Waals surface area contributed by atoms with Gasteiger partial charge in [0.15, 0.2) is 5.13 Å². The lowest BCUT2D eigenvalue weighted by Crippen LogP contribution is -2.31. The highest BCUT2D eigenvalue weighted by Crippen LogP contribution is 2.12. The largest absolute Gasteiger partial charge is 0.375 e. The highest BCUT2D eigenvalue weighted by atomic mass is 32.1. The molecule has 0 radical (unpaired) electrons. The van der Waals surface area contributed by atoms with Crippen molar-refractivity contribution in [3.05, 3.63) is 23.7 Å². The van der Waals surface area contributed by atoms with Crippen LogP contribution in [-0.4, -0.2) is 28.9 Å². The normalized spacial score (nSPS) is 9.79. The maximum atomic E-state index is 11.7. The SMILES string of the molecule is C=CCN(CC)C(=O)c1csc(N)n1. The molecule has 0 unspecified atom stereocenters. The summed E-state index contributed by atoms with van der Waals surface area (Å²) in [6.07, 6.45) is 1.69. The summed E-state index contributed by atoms with van der Waals surface area (Å²) in [5.74, 6) is -0.0969. The summed E-state index contributed by atoms with van der Waals surface area (Å²) in [6, 6.07) is 0. The highest BCUT2D eigenvalue weighted by Gasteiger charge is 2.15. The topological polar surface area (TPSA) is 59.2 Å². The van der Waals surface area contributed by atoms with Crippen LogP contribution in [0.2, 0.25) is 0 Å². The molecule has 5 heteroatoms. The summed E-state index contributed by atoms with van der Waals surface area (Å²) >= 11 is 1.27. The van der Waals surface area contributed by atoms with Gasteiger partial charge in [0.1, 0.15) is 5.69 Å². The number of nitrogens with zero attached hydrogens (tertiary/aromatic N) is 2. The molecule has 0 aliphatic heterocycles. The minimum absolute atomic E-state index is 0.0969. The summed E-state index contributed by atoms with van der Waals surface area (Å²) in [5, 5.41) is 2.09. The Morgan fingerprint density at radius 1 is 1.86 bits per heavy atom. The predicted octanol–water partition coefficient (Wildman–Crippen LogP) is 1.37. The maximum Gasteiger partial charge on any atom is 0.273 e. The van der Waals surface area contributed by atoms with Crippen LogP contribution >= 0.6 is 11.3 Å². The number of carbonyl (C=O) groups is 1. The van der Waals surface area contributed by atoms with Crippen molar-refractivity contribution in [2.24, 2.45) is 0 Å².